The molecule has 0 saturated heterocycles. The largest absolute Gasteiger partial charge is 0.390 e. The van der Waals surface area contributed by atoms with Crippen LogP contribution in [0.15, 0.2) is 24.3 Å². The monoisotopic (exact) mass is 233 g/mol. The Morgan fingerprint density at radius 2 is 1.65 bits per heavy atom. The highest BCUT2D eigenvalue weighted by Crippen LogP contribution is 2.16. The van der Waals surface area contributed by atoms with Crippen molar-refractivity contribution in [2.24, 2.45) is 0 Å². The van der Waals surface area contributed by atoms with Gasteiger partial charge in [0, 0.05) is 19.6 Å². The summed E-state index contributed by atoms with van der Waals surface area (Å²) in [6.07, 6.45) is 3.13. The van der Waals surface area contributed by atoms with Gasteiger partial charge in [0.15, 0.2) is 0 Å². The molecule has 2 rings (SSSR count). The minimum Gasteiger partial charge on any atom is -0.390 e. The Balaban J connectivity index is 1.91. The zero-order chi connectivity index (χ0) is 12.3. The molecule has 1 aliphatic heterocycles. The van der Waals surface area contributed by atoms with Gasteiger partial charge in [0.25, 0.3) is 0 Å². The topological polar surface area (TPSA) is 23.5 Å². The first-order chi connectivity index (χ1) is 8.04. The van der Waals surface area contributed by atoms with E-state index in [0.717, 1.165) is 38.9 Å². The van der Waals surface area contributed by atoms with Crippen LogP contribution in [0.25, 0.3) is 0 Å². The summed E-state index contributed by atoms with van der Waals surface area (Å²) in [5, 5.41) is 9.77. The van der Waals surface area contributed by atoms with Gasteiger partial charge in [-0.1, -0.05) is 24.3 Å². The predicted molar refractivity (Wildman–Crippen MR) is 71.2 cm³/mol. The van der Waals surface area contributed by atoms with Crippen LogP contribution in [-0.4, -0.2) is 35.2 Å². The van der Waals surface area contributed by atoms with Crippen LogP contribution in [0.2, 0.25) is 0 Å². The number of hydrogen-bond acceptors (Lipinski definition) is 2. The molecule has 0 fully saturated rings. The van der Waals surface area contributed by atoms with Gasteiger partial charge in [-0.25, -0.2) is 0 Å². The molecule has 0 aliphatic carbocycles. The van der Waals surface area contributed by atoms with Gasteiger partial charge in [-0.3, -0.25) is 0 Å². The second-order valence-electron chi connectivity index (χ2n) is 5.67. The molecule has 0 saturated carbocycles. The Hall–Kier alpha value is -0.860. The van der Waals surface area contributed by atoms with E-state index < -0.39 is 5.60 Å². The second kappa shape index (κ2) is 5.19. The average Bonchev–Trinajstić information content (AvgIpc) is 2.48. The lowest BCUT2D eigenvalue weighted by atomic mass is 10.0. The van der Waals surface area contributed by atoms with Crippen molar-refractivity contribution in [2.45, 2.75) is 38.7 Å². The highest BCUT2D eigenvalue weighted by Gasteiger charge is 2.17. The van der Waals surface area contributed by atoms with E-state index in [1.807, 2.05) is 13.8 Å². The summed E-state index contributed by atoms with van der Waals surface area (Å²) >= 11 is 0. The van der Waals surface area contributed by atoms with Crippen LogP contribution < -0.4 is 0 Å². The lowest BCUT2D eigenvalue weighted by Crippen LogP contribution is -2.32. The Kier molecular flexibility index (Phi) is 3.85. The van der Waals surface area contributed by atoms with Gasteiger partial charge in [0.2, 0.25) is 0 Å². The van der Waals surface area contributed by atoms with E-state index >= 15 is 0 Å². The lowest BCUT2D eigenvalue weighted by Gasteiger charge is -2.24. The van der Waals surface area contributed by atoms with E-state index in [1.165, 1.54) is 11.1 Å². The van der Waals surface area contributed by atoms with E-state index in [4.69, 9.17) is 0 Å². The normalized spacial score (nSPS) is 17.6. The molecule has 1 heterocycles. The fraction of sp³-hybridized carbons (Fsp3) is 0.600. The van der Waals surface area contributed by atoms with Gasteiger partial charge < -0.3 is 10.0 Å². The molecule has 2 heteroatoms. The fourth-order valence-corrected chi connectivity index (χ4v) is 2.37. The van der Waals surface area contributed by atoms with Crippen molar-refractivity contribution in [3.8, 4) is 0 Å². The smallest absolute Gasteiger partial charge is 0.0603 e. The molecule has 0 unspecified atom stereocenters. The van der Waals surface area contributed by atoms with Gasteiger partial charge in [-0.15, -0.1) is 0 Å². The van der Waals surface area contributed by atoms with E-state index in [2.05, 4.69) is 29.2 Å². The molecule has 1 aromatic carbocycles. The van der Waals surface area contributed by atoms with Gasteiger partial charge in [-0.05, 0) is 44.2 Å². The number of nitrogens with zero attached hydrogens (tertiary/aromatic N) is 1. The second-order valence-corrected chi connectivity index (χ2v) is 5.67. The van der Waals surface area contributed by atoms with Crippen LogP contribution in [-0.2, 0) is 12.8 Å². The molecule has 2 nitrogen and oxygen atoms in total. The van der Waals surface area contributed by atoms with Crippen molar-refractivity contribution < 1.29 is 5.11 Å². The first kappa shape index (κ1) is 12.6. The number of rotatable bonds is 3. The number of benzene rings is 1. The Morgan fingerprint density at radius 1 is 1.12 bits per heavy atom. The lowest BCUT2D eigenvalue weighted by molar-refractivity contribution is 0.0582. The van der Waals surface area contributed by atoms with Crippen molar-refractivity contribution in [1.82, 2.24) is 4.90 Å². The molecule has 0 atom stereocenters. The number of hydrogen-bond donors (Lipinski definition) is 1. The summed E-state index contributed by atoms with van der Waals surface area (Å²) in [7, 11) is 0. The molecule has 0 spiro atoms. The Morgan fingerprint density at radius 3 is 2.12 bits per heavy atom. The van der Waals surface area contributed by atoms with Crippen LogP contribution in [0.4, 0.5) is 0 Å². The van der Waals surface area contributed by atoms with Crippen molar-refractivity contribution in [2.75, 3.05) is 19.6 Å². The van der Waals surface area contributed by atoms with Gasteiger partial charge in [0.05, 0.1) is 5.60 Å². The summed E-state index contributed by atoms with van der Waals surface area (Å²) in [5.74, 6) is 0. The summed E-state index contributed by atoms with van der Waals surface area (Å²) in [6, 6.07) is 8.75. The molecular formula is C15H23NO. The minimum absolute atomic E-state index is 0.543. The third kappa shape index (κ3) is 3.83. The minimum atomic E-state index is -0.543. The number of fused-ring (bicyclic) bond motifs is 1. The maximum absolute atomic E-state index is 9.77. The molecule has 0 amide bonds. The maximum Gasteiger partial charge on any atom is 0.0603 e. The molecular weight excluding hydrogens is 210 g/mol. The van der Waals surface area contributed by atoms with Crippen LogP contribution in [0.3, 0.4) is 0 Å². The highest BCUT2D eigenvalue weighted by atomic mass is 16.3. The van der Waals surface area contributed by atoms with Crippen molar-refractivity contribution >= 4 is 0 Å². The van der Waals surface area contributed by atoms with E-state index in [9.17, 15) is 5.11 Å². The summed E-state index contributed by atoms with van der Waals surface area (Å²) in [5.41, 5.74) is 2.45. The highest BCUT2D eigenvalue weighted by molar-refractivity contribution is 5.28. The summed E-state index contributed by atoms with van der Waals surface area (Å²) in [4.78, 5) is 2.47. The van der Waals surface area contributed by atoms with Crippen LogP contribution in [0.1, 0.15) is 31.4 Å². The molecule has 94 valence electrons. The fourth-order valence-electron chi connectivity index (χ4n) is 2.37. The third-order valence-corrected chi connectivity index (χ3v) is 3.55. The molecule has 1 aliphatic rings. The molecule has 17 heavy (non-hydrogen) atoms. The molecule has 1 aromatic rings. The number of aliphatic hydroxyl groups is 1. The first-order valence-corrected chi connectivity index (χ1v) is 6.56. The van der Waals surface area contributed by atoms with E-state index in [0.29, 0.717) is 0 Å². The molecule has 0 aromatic heterocycles. The zero-order valence-electron chi connectivity index (χ0n) is 10.9. The predicted octanol–water partition coefficient (Wildman–Crippen LogP) is 2.25. The van der Waals surface area contributed by atoms with E-state index in [1.54, 1.807) is 0 Å². The standard InChI is InChI=1S/C15H23NO/c1-15(2,17)9-12-16-10-7-13-5-3-4-6-14(13)8-11-16/h3-6,17H,7-12H2,1-2H3. The van der Waals surface area contributed by atoms with Crippen LogP contribution in [0, 0.1) is 0 Å². The summed E-state index contributed by atoms with van der Waals surface area (Å²) in [6.45, 7) is 7.01. The zero-order valence-corrected chi connectivity index (χ0v) is 10.9. The van der Waals surface area contributed by atoms with Crippen LogP contribution in [0.5, 0.6) is 0 Å². The molecule has 0 radical (unpaired) electrons. The summed E-state index contributed by atoms with van der Waals surface area (Å²) < 4.78 is 0. The SMILES string of the molecule is CC(C)(O)CCN1CCc2ccccc2CC1. The van der Waals surface area contributed by atoms with E-state index in [-0.39, 0.29) is 0 Å². The third-order valence-electron chi connectivity index (χ3n) is 3.55. The average molecular weight is 233 g/mol. The molecule has 0 bridgehead atoms. The first-order valence-electron chi connectivity index (χ1n) is 6.56. The van der Waals surface area contributed by atoms with Crippen molar-refractivity contribution in [1.29, 1.82) is 0 Å². The molecule has 1 N–H and O–H groups in total. The van der Waals surface area contributed by atoms with Crippen LogP contribution >= 0.6 is 0 Å². The van der Waals surface area contributed by atoms with Crippen molar-refractivity contribution in [3.05, 3.63) is 35.4 Å². The van der Waals surface area contributed by atoms with Gasteiger partial charge in [-0.2, -0.15) is 0 Å². The maximum atomic E-state index is 9.77. The van der Waals surface area contributed by atoms with Gasteiger partial charge >= 0.3 is 0 Å². The van der Waals surface area contributed by atoms with Gasteiger partial charge in [0.1, 0.15) is 0 Å². The quantitative estimate of drug-likeness (QED) is 0.865. The Bertz CT molecular complexity index is 340. The Labute approximate surface area is 104 Å². The van der Waals surface area contributed by atoms with Crippen molar-refractivity contribution in [3.63, 3.8) is 0 Å².